The lowest BCUT2D eigenvalue weighted by Crippen LogP contribution is -2.47. The Bertz CT molecular complexity index is 1270. The van der Waals surface area contributed by atoms with Crippen LogP contribution < -0.4 is 14.5 Å². The molecule has 0 saturated heterocycles. The Kier molecular flexibility index (Phi) is 8.26. The summed E-state index contributed by atoms with van der Waals surface area (Å²) in [6.45, 7) is 4.08. The van der Waals surface area contributed by atoms with E-state index in [0.29, 0.717) is 37.2 Å². The lowest BCUT2D eigenvalue weighted by atomic mass is 9.89. The Morgan fingerprint density at radius 3 is 2.44 bits per heavy atom. The van der Waals surface area contributed by atoms with Crippen LogP contribution in [0, 0.1) is 14.9 Å². The van der Waals surface area contributed by atoms with Gasteiger partial charge in [-0.05, 0) is 103 Å². The molecular formula is C29H28IN3O3. The van der Waals surface area contributed by atoms with E-state index < -0.39 is 0 Å². The number of hydrogen-bond acceptors (Lipinski definition) is 4. The number of benzene rings is 3. The molecule has 0 radical (unpaired) electrons. The third kappa shape index (κ3) is 5.54. The monoisotopic (exact) mass is 593 g/mol. The minimum atomic E-state index is -0.179. The lowest BCUT2D eigenvalue weighted by Gasteiger charge is -2.43. The van der Waals surface area contributed by atoms with E-state index in [9.17, 15) is 9.59 Å². The van der Waals surface area contributed by atoms with Crippen molar-refractivity contribution in [1.82, 2.24) is 0 Å². The van der Waals surface area contributed by atoms with Gasteiger partial charge in [-0.3, -0.25) is 9.59 Å². The molecule has 7 heteroatoms. The molecule has 2 amide bonds. The predicted molar refractivity (Wildman–Crippen MR) is 149 cm³/mol. The fraction of sp³-hybridized carbons (Fsp3) is 0.276. The van der Waals surface area contributed by atoms with Crippen LogP contribution in [0.15, 0.2) is 72.8 Å². The van der Waals surface area contributed by atoms with Crippen molar-refractivity contribution >= 4 is 45.8 Å². The second-order valence-electron chi connectivity index (χ2n) is 8.83. The van der Waals surface area contributed by atoms with Crippen LogP contribution >= 0.6 is 22.6 Å². The Hall–Kier alpha value is -3.38. The van der Waals surface area contributed by atoms with Gasteiger partial charge in [-0.15, -0.1) is 0 Å². The van der Waals surface area contributed by atoms with E-state index in [1.54, 1.807) is 31.2 Å². The van der Waals surface area contributed by atoms with E-state index in [0.717, 1.165) is 20.5 Å². The van der Waals surface area contributed by atoms with Crippen LogP contribution in [0.5, 0.6) is 5.75 Å². The molecule has 1 aliphatic rings. The first kappa shape index (κ1) is 25.7. The van der Waals surface area contributed by atoms with Gasteiger partial charge < -0.3 is 14.5 Å². The number of rotatable bonds is 7. The number of carbonyl (C=O) groups excluding carboxylic acids is 2. The second kappa shape index (κ2) is 11.6. The van der Waals surface area contributed by atoms with E-state index in [1.807, 2.05) is 65.3 Å². The van der Waals surface area contributed by atoms with Crippen LogP contribution in [-0.4, -0.2) is 24.5 Å². The highest BCUT2D eigenvalue weighted by atomic mass is 127. The van der Waals surface area contributed by atoms with Gasteiger partial charge in [-0.2, -0.15) is 5.26 Å². The van der Waals surface area contributed by atoms with Crippen molar-refractivity contribution in [3.63, 3.8) is 0 Å². The Morgan fingerprint density at radius 2 is 1.78 bits per heavy atom. The van der Waals surface area contributed by atoms with Crippen LogP contribution in [0.25, 0.3) is 0 Å². The van der Waals surface area contributed by atoms with Crippen molar-refractivity contribution in [2.45, 2.75) is 45.2 Å². The average Bonchev–Trinajstić information content (AvgIpc) is 2.88. The molecule has 1 heterocycles. The number of anilines is 2. The van der Waals surface area contributed by atoms with E-state index in [1.165, 1.54) is 0 Å². The zero-order chi connectivity index (χ0) is 25.7. The van der Waals surface area contributed by atoms with E-state index >= 15 is 0 Å². The minimum absolute atomic E-state index is 0.0339. The third-order valence-electron chi connectivity index (χ3n) is 6.34. The van der Waals surface area contributed by atoms with Crippen molar-refractivity contribution in [3.05, 3.63) is 87.5 Å². The molecule has 4 rings (SSSR count). The number of halogens is 1. The second-order valence-corrected chi connectivity index (χ2v) is 10.1. The number of nitriles is 1. The van der Waals surface area contributed by atoms with Gasteiger partial charge in [0.25, 0.3) is 5.91 Å². The van der Waals surface area contributed by atoms with E-state index in [-0.39, 0.29) is 23.9 Å². The summed E-state index contributed by atoms with van der Waals surface area (Å²) in [5, 5.41) is 8.65. The number of unbranched alkanes of at least 4 members (excludes halogenated alkanes) is 1. The molecule has 184 valence electrons. The van der Waals surface area contributed by atoms with Gasteiger partial charge in [0.15, 0.2) is 0 Å². The molecule has 0 N–H and O–H groups in total. The highest BCUT2D eigenvalue weighted by Crippen LogP contribution is 2.42. The van der Waals surface area contributed by atoms with Gasteiger partial charge >= 0.3 is 0 Å². The molecule has 0 aliphatic carbocycles. The lowest BCUT2D eigenvalue weighted by molar-refractivity contribution is -0.117. The first-order valence-corrected chi connectivity index (χ1v) is 13.1. The molecule has 2 atom stereocenters. The Labute approximate surface area is 225 Å². The maximum atomic E-state index is 13.7. The number of amides is 2. The molecule has 3 aromatic carbocycles. The summed E-state index contributed by atoms with van der Waals surface area (Å²) < 4.78 is 6.77. The summed E-state index contributed by atoms with van der Waals surface area (Å²) in [5.41, 5.74) is 3.19. The molecule has 0 bridgehead atoms. The van der Waals surface area contributed by atoms with Gasteiger partial charge in [0, 0.05) is 39.9 Å². The summed E-state index contributed by atoms with van der Waals surface area (Å²) in [6.07, 6.45) is 1.74. The maximum Gasteiger partial charge on any atom is 0.258 e. The highest BCUT2D eigenvalue weighted by Gasteiger charge is 2.38. The molecule has 0 fully saturated rings. The van der Waals surface area contributed by atoms with Gasteiger partial charge in [-0.1, -0.05) is 18.2 Å². The fourth-order valence-electron chi connectivity index (χ4n) is 4.69. The molecule has 0 saturated carbocycles. The molecular weight excluding hydrogens is 565 g/mol. The normalized spacial score (nSPS) is 16.6. The fourth-order valence-corrected chi connectivity index (χ4v) is 5.05. The van der Waals surface area contributed by atoms with Crippen LogP contribution in [0.2, 0.25) is 0 Å². The van der Waals surface area contributed by atoms with Gasteiger partial charge in [0.2, 0.25) is 5.91 Å². The van der Waals surface area contributed by atoms with Crippen molar-refractivity contribution in [2.24, 2.45) is 0 Å². The average molecular weight is 593 g/mol. The zero-order valence-corrected chi connectivity index (χ0v) is 22.5. The number of nitrogens with zero attached hydrogens (tertiary/aromatic N) is 3. The molecule has 1 aliphatic heterocycles. The standard InChI is InChI=1S/C29H28IN3O3/c1-20-19-28(33(21(2)34)24-13-11-23(30)12-14-24)26-7-3-4-8-27(26)32(20)29(35)22-9-15-25(16-10-22)36-18-6-5-17-31/h3-4,7-16,20,28H,5-6,18-19H2,1-2H3/t20-,28+/m0/s1. The van der Waals surface area contributed by atoms with Crippen molar-refractivity contribution < 1.29 is 14.3 Å². The summed E-state index contributed by atoms with van der Waals surface area (Å²) in [7, 11) is 0. The number of fused-ring (bicyclic) bond motifs is 1. The highest BCUT2D eigenvalue weighted by molar-refractivity contribution is 14.1. The van der Waals surface area contributed by atoms with E-state index in [4.69, 9.17) is 10.00 Å². The number of hydrogen-bond donors (Lipinski definition) is 0. The summed E-state index contributed by atoms with van der Waals surface area (Å²) in [4.78, 5) is 30.2. The predicted octanol–water partition coefficient (Wildman–Crippen LogP) is 6.51. The van der Waals surface area contributed by atoms with Gasteiger partial charge in [0.1, 0.15) is 5.75 Å². The molecule has 0 unspecified atom stereocenters. The van der Waals surface area contributed by atoms with Gasteiger partial charge in [-0.25, -0.2) is 0 Å². The van der Waals surface area contributed by atoms with Crippen molar-refractivity contribution in [3.8, 4) is 11.8 Å². The molecule has 3 aromatic rings. The summed E-state index contributed by atoms with van der Waals surface area (Å²) in [5.74, 6) is 0.549. The van der Waals surface area contributed by atoms with Crippen LogP contribution in [0.3, 0.4) is 0 Å². The Balaban J connectivity index is 1.62. The molecule has 0 aromatic heterocycles. The smallest absolute Gasteiger partial charge is 0.258 e. The van der Waals surface area contributed by atoms with Crippen LogP contribution in [0.4, 0.5) is 11.4 Å². The van der Waals surface area contributed by atoms with E-state index in [2.05, 4.69) is 28.7 Å². The maximum absolute atomic E-state index is 13.7. The number of ether oxygens (including phenoxy) is 1. The van der Waals surface area contributed by atoms with Crippen LogP contribution in [-0.2, 0) is 4.79 Å². The molecule has 6 nitrogen and oxygen atoms in total. The van der Waals surface area contributed by atoms with Crippen molar-refractivity contribution in [2.75, 3.05) is 16.4 Å². The quantitative estimate of drug-likeness (QED) is 0.232. The first-order chi connectivity index (χ1) is 17.4. The minimum Gasteiger partial charge on any atom is -0.494 e. The number of carbonyl (C=O) groups is 2. The van der Waals surface area contributed by atoms with Gasteiger partial charge in [0.05, 0.1) is 18.7 Å². The Morgan fingerprint density at radius 1 is 1.08 bits per heavy atom. The first-order valence-electron chi connectivity index (χ1n) is 12.0. The van der Waals surface area contributed by atoms with Crippen LogP contribution in [0.1, 0.15) is 55.1 Å². The zero-order valence-electron chi connectivity index (χ0n) is 20.4. The molecule has 0 spiro atoms. The SMILES string of the molecule is CC(=O)N(c1ccc(I)cc1)[C@@H]1C[C@H](C)N(C(=O)c2ccc(OCCCC#N)cc2)c2ccccc21. The molecule has 36 heavy (non-hydrogen) atoms. The summed E-state index contributed by atoms with van der Waals surface area (Å²) >= 11 is 2.26. The largest absolute Gasteiger partial charge is 0.494 e. The topological polar surface area (TPSA) is 73.6 Å². The summed E-state index contributed by atoms with van der Waals surface area (Å²) in [6, 6.07) is 24.7. The third-order valence-corrected chi connectivity index (χ3v) is 7.06. The van der Waals surface area contributed by atoms with Crippen molar-refractivity contribution in [1.29, 1.82) is 5.26 Å². The number of para-hydroxylation sites is 1.